The van der Waals surface area contributed by atoms with Crippen molar-refractivity contribution in [2.75, 3.05) is 6.54 Å². The van der Waals surface area contributed by atoms with Crippen LogP contribution in [0.25, 0.3) is 0 Å². The van der Waals surface area contributed by atoms with Gasteiger partial charge in [-0.3, -0.25) is 0 Å². The van der Waals surface area contributed by atoms with E-state index >= 15 is 0 Å². The monoisotopic (exact) mass is 233 g/mol. The van der Waals surface area contributed by atoms with Crippen LogP contribution in [0.1, 0.15) is 25.5 Å². The molecule has 1 unspecified atom stereocenters. The number of hydrogen-bond donors (Lipinski definition) is 1. The number of ether oxygens (including phenoxy) is 1. The smallest absolute Gasteiger partial charge is 0.387 e. The van der Waals surface area contributed by atoms with Gasteiger partial charge in [0.05, 0.1) is 0 Å². The first kappa shape index (κ1) is 12.8. The molecule has 0 aliphatic heterocycles. The molecule has 1 aromatic carbocycles. The second-order valence-electron chi connectivity index (χ2n) is 3.34. The van der Waals surface area contributed by atoms with Crippen LogP contribution >= 0.6 is 0 Å². The standard InChI is InChI=1S/C11H14F3NO/c1-3-15-7(2)9-5-4-8(12)6-10(9)16-11(13)14/h4-7,11,15H,3H2,1-2H3. The van der Waals surface area contributed by atoms with Gasteiger partial charge in [0.25, 0.3) is 0 Å². The van der Waals surface area contributed by atoms with Gasteiger partial charge in [-0.15, -0.1) is 0 Å². The van der Waals surface area contributed by atoms with Gasteiger partial charge in [-0.1, -0.05) is 13.0 Å². The van der Waals surface area contributed by atoms with Gasteiger partial charge >= 0.3 is 6.61 Å². The average Bonchev–Trinajstić information content (AvgIpc) is 2.16. The highest BCUT2D eigenvalue weighted by molar-refractivity contribution is 5.36. The Morgan fingerprint density at radius 3 is 2.62 bits per heavy atom. The van der Waals surface area contributed by atoms with Crippen molar-refractivity contribution >= 4 is 0 Å². The molecule has 1 rings (SSSR count). The van der Waals surface area contributed by atoms with Crippen LogP contribution < -0.4 is 10.1 Å². The summed E-state index contributed by atoms with van der Waals surface area (Å²) in [5.41, 5.74) is 0.517. The molecule has 1 aromatic rings. The molecule has 0 spiro atoms. The summed E-state index contributed by atoms with van der Waals surface area (Å²) in [6.07, 6.45) is 0. The first-order valence-corrected chi connectivity index (χ1v) is 5.02. The Balaban J connectivity index is 2.97. The van der Waals surface area contributed by atoms with Crippen molar-refractivity contribution in [3.05, 3.63) is 29.6 Å². The van der Waals surface area contributed by atoms with E-state index in [1.165, 1.54) is 12.1 Å². The van der Waals surface area contributed by atoms with Gasteiger partial charge in [0.2, 0.25) is 0 Å². The second kappa shape index (κ2) is 5.75. The fourth-order valence-corrected chi connectivity index (χ4v) is 1.48. The zero-order chi connectivity index (χ0) is 12.1. The minimum Gasteiger partial charge on any atom is -0.434 e. The SMILES string of the molecule is CCNC(C)c1ccc(F)cc1OC(F)F. The number of alkyl halides is 2. The van der Waals surface area contributed by atoms with Crippen molar-refractivity contribution in [1.82, 2.24) is 5.32 Å². The maximum atomic E-state index is 12.9. The van der Waals surface area contributed by atoms with Crippen LogP contribution in [0.2, 0.25) is 0 Å². The van der Waals surface area contributed by atoms with Crippen molar-refractivity contribution in [1.29, 1.82) is 0 Å². The summed E-state index contributed by atoms with van der Waals surface area (Å²) in [7, 11) is 0. The molecule has 5 heteroatoms. The Morgan fingerprint density at radius 2 is 2.06 bits per heavy atom. The van der Waals surface area contributed by atoms with E-state index in [0.29, 0.717) is 12.1 Å². The van der Waals surface area contributed by atoms with E-state index in [4.69, 9.17) is 0 Å². The lowest BCUT2D eigenvalue weighted by molar-refractivity contribution is -0.0508. The Labute approximate surface area is 92.4 Å². The summed E-state index contributed by atoms with van der Waals surface area (Å²) in [6.45, 7) is 1.43. The van der Waals surface area contributed by atoms with Crippen LogP contribution in [-0.2, 0) is 0 Å². The third kappa shape index (κ3) is 3.41. The van der Waals surface area contributed by atoms with Crippen molar-refractivity contribution in [3.8, 4) is 5.75 Å². The average molecular weight is 233 g/mol. The Hall–Kier alpha value is -1.23. The lowest BCUT2D eigenvalue weighted by Gasteiger charge is -2.17. The van der Waals surface area contributed by atoms with Gasteiger partial charge in [0, 0.05) is 17.7 Å². The minimum absolute atomic E-state index is 0.122. The number of benzene rings is 1. The molecular formula is C11H14F3NO. The van der Waals surface area contributed by atoms with E-state index in [2.05, 4.69) is 10.1 Å². The topological polar surface area (TPSA) is 21.3 Å². The molecule has 0 fully saturated rings. The first-order chi connectivity index (χ1) is 7.54. The normalized spacial score (nSPS) is 12.9. The molecule has 0 aliphatic carbocycles. The predicted molar refractivity (Wildman–Crippen MR) is 55.1 cm³/mol. The molecule has 90 valence electrons. The van der Waals surface area contributed by atoms with Crippen LogP contribution in [-0.4, -0.2) is 13.2 Å². The fraction of sp³-hybridized carbons (Fsp3) is 0.455. The molecular weight excluding hydrogens is 219 g/mol. The molecule has 0 heterocycles. The number of rotatable bonds is 5. The molecule has 0 amide bonds. The second-order valence-corrected chi connectivity index (χ2v) is 3.34. The summed E-state index contributed by atoms with van der Waals surface area (Å²) in [4.78, 5) is 0. The lowest BCUT2D eigenvalue weighted by atomic mass is 10.1. The van der Waals surface area contributed by atoms with Crippen molar-refractivity contribution in [2.45, 2.75) is 26.5 Å². The van der Waals surface area contributed by atoms with Gasteiger partial charge < -0.3 is 10.1 Å². The quantitative estimate of drug-likeness (QED) is 0.843. The van der Waals surface area contributed by atoms with Gasteiger partial charge in [0.15, 0.2) is 0 Å². The Bertz CT molecular complexity index is 344. The third-order valence-corrected chi connectivity index (χ3v) is 2.17. The van der Waals surface area contributed by atoms with Gasteiger partial charge in [-0.25, -0.2) is 4.39 Å². The molecule has 0 bridgehead atoms. The van der Waals surface area contributed by atoms with E-state index in [1.54, 1.807) is 6.92 Å². The molecule has 16 heavy (non-hydrogen) atoms. The van der Waals surface area contributed by atoms with Gasteiger partial charge in [-0.05, 0) is 19.5 Å². The molecule has 0 saturated heterocycles. The largest absolute Gasteiger partial charge is 0.434 e. The summed E-state index contributed by atoms with van der Waals surface area (Å²) < 4.78 is 41.4. The van der Waals surface area contributed by atoms with Crippen molar-refractivity contribution < 1.29 is 17.9 Å². The van der Waals surface area contributed by atoms with Crippen LogP contribution in [0.5, 0.6) is 5.75 Å². The zero-order valence-electron chi connectivity index (χ0n) is 9.14. The third-order valence-electron chi connectivity index (χ3n) is 2.17. The Morgan fingerprint density at radius 1 is 1.38 bits per heavy atom. The highest BCUT2D eigenvalue weighted by Crippen LogP contribution is 2.27. The fourth-order valence-electron chi connectivity index (χ4n) is 1.48. The van der Waals surface area contributed by atoms with E-state index in [9.17, 15) is 13.2 Å². The van der Waals surface area contributed by atoms with Gasteiger partial charge in [-0.2, -0.15) is 8.78 Å². The van der Waals surface area contributed by atoms with Crippen molar-refractivity contribution in [3.63, 3.8) is 0 Å². The van der Waals surface area contributed by atoms with E-state index in [-0.39, 0.29) is 11.8 Å². The number of nitrogens with one attached hydrogen (secondary N) is 1. The first-order valence-electron chi connectivity index (χ1n) is 5.02. The summed E-state index contributed by atoms with van der Waals surface area (Å²) in [5.74, 6) is -0.716. The van der Waals surface area contributed by atoms with Crippen molar-refractivity contribution in [2.24, 2.45) is 0 Å². The zero-order valence-corrected chi connectivity index (χ0v) is 9.14. The van der Waals surface area contributed by atoms with Gasteiger partial charge in [0.1, 0.15) is 11.6 Å². The highest BCUT2D eigenvalue weighted by atomic mass is 19.3. The molecule has 0 aliphatic rings. The molecule has 0 aromatic heterocycles. The van der Waals surface area contributed by atoms with Crippen LogP contribution in [0.15, 0.2) is 18.2 Å². The molecule has 1 N–H and O–H groups in total. The lowest BCUT2D eigenvalue weighted by Crippen LogP contribution is -2.19. The number of hydrogen-bond acceptors (Lipinski definition) is 2. The molecule has 0 radical (unpaired) electrons. The summed E-state index contributed by atoms with van der Waals surface area (Å²) >= 11 is 0. The van der Waals surface area contributed by atoms with Crippen LogP contribution in [0.4, 0.5) is 13.2 Å². The highest BCUT2D eigenvalue weighted by Gasteiger charge is 2.15. The molecule has 1 atom stereocenters. The summed E-state index contributed by atoms with van der Waals surface area (Å²) in [6, 6.07) is 3.47. The van der Waals surface area contributed by atoms with E-state index in [0.717, 1.165) is 6.07 Å². The molecule has 0 saturated carbocycles. The number of halogens is 3. The maximum Gasteiger partial charge on any atom is 0.387 e. The molecule has 2 nitrogen and oxygen atoms in total. The minimum atomic E-state index is -2.95. The Kier molecular flexibility index (Phi) is 4.61. The van der Waals surface area contributed by atoms with Crippen LogP contribution in [0.3, 0.4) is 0 Å². The van der Waals surface area contributed by atoms with E-state index in [1.807, 2.05) is 6.92 Å². The predicted octanol–water partition coefficient (Wildman–Crippen LogP) is 3.10. The summed E-state index contributed by atoms with van der Waals surface area (Å²) in [5, 5.41) is 3.05. The maximum absolute atomic E-state index is 12.9. The van der Waals surface area contributed by atoms with E-state index < -0.39 is 12.4 Å². The van der Waals surface area contributed by atoms with Crippen LogP contribution in [0, 0.1) is 5.82 Å².